The van der Waals surface area contributed by atoms with Gasteiger partial charge in [0.1, 0.15) is 12.1 Å². The number of carbonyl (C=O) groups is 3. The second-order valence-corrected chi connectivity index (χ2v) is 8.44. The molecule has 146 valence electrons. The van der Waals surface area contributed by atoms with Crippen LogP contribution in [0.15, 0.2) is 28.7 Å². The molecule has 1 aliphatic heterocycles. The summed E-state index contributed by atoms with van der Waals surface area (Å²) in [7, 11) is 0. The number of carbonyl (C=O) groups excluding carboxylic acids is 3. The predicted molar refractivity (Wildman–Crippen MR) is 106 cm³/mol. The number of hydrogen-bond donors (Lipinski definition) is 2. The van der Waals surface area contributed by atoms with Gasteiger partial charge >= 0.3 is 6.03 Å². The van der Waals surface area contributed by atoms with Gasteiger partial charge in [0.2, 0.25) is 5.91 Å². The third-order valence-electron chi connectivity index (χ3n) is 5.82. The Labute approximate surface area is 168 Å². The van der Waals surface area contributed by atoms with Gasteiger partial charge in [0.15, 0.2) is 0 Å². The number of urea groups is 1. The third kappa shape index (κ3) is 3.88. The highest BCUT2D eigenvalue weighted by molar-refractivity contribution is 9.10. The Balaban J connectivity index is 1.67. The van der Waals surface area contributed by atoms with Crippen molar-refractivity contribution >= 4 is 33.8 Å². The van der Waals surface area contributed by atoms with Gasteiger partial charge in [0.25, 0.3) is 5.91 Å². The highest BCUT2D eigenvalue weighted by Gasteiger charge is 2.55. The topological polar surface area (TPSA) is 78.5 Å². The largest absolute Gasteiger partial charge is 0.348 e. The number of amides is 4. The zero-order valence-electron chi connectivity index (χ0n) is 15.8. The minimum absolute atomic E-state index is 0.0851. The van der Waals surface area contributed by atoms with Gasteiger partial charge in [-0.2, -0.15) is 0 Å². The molecule has 1 heterocycles. The Morgan fingerprint density at radius 1 is 1.33 bits per heavy atom. The summed E-state index contributed by atoms with van der Waals surface area (Å²) in [4.78, 5) is 39.0. The van der Waals surface area contributed by atoms with E-state index in [0.29, 0.717) is 12.8 Å². The summed E-state index contributed by atoms with van der Waals surface area (Å²) in [6, 6.07) is 7.14. The molecule has 27 heavy (non-hydrogen) atoms. The number of halogens is 1. The van der Waals surface area contributed by atoms with Crippen molar-refractivity contribution in [2.24, 2.45) is 5.92 Å². The van der Waals surface area contributed by atoms with E-state index in [-0.39, 0.29) is 30.3 Å². The number of nitrogens with one attached hydrogen (secondary N) is 2. The van der Waals surface area contributed by atoms with Gasteiger partial charge in [-0.15, -0.1) is 0 Å². The molecule has 0 radical (unpaired) electrons. The molecule has 1 aromatic rings. The average Bonchev–Trinajstić information content (AvgIpc) is 2.88. The molecule has 3 atom stereocenters. The molecule has 1 aliphatic carbocycles. The quantitative estimate of drug-likeness (QED) is 0.694. The summed E-state index contributed by atoms with van der Waals surface area (Å²) in [6.45, 7) is 3.74. The van der Waals surface area contributed by atoms with E-state index in [2.05, 4.69) is 26.6 Å². The van der Waals surface area contributed by atoms with Crippen LogP contribution in [-0.2, 0) is 9.59 Å². The first-order chi connectivity index (χ1) is 12.9. The summed E-state index contributed by atoms with van der Waals surface area (Å²) >= 11 is 3.40. The van der Waals surface area contributed by atoms with Crippen LogP contribution >= 0.6 is 15.9 Å². The second kappa shape index (κ2) is 8.00. The van der Waals surface area contributed by atoms with E-state index < -0.39 is 11.6 Å². The van der Waals surface area contributed by atoms with E-state index in [4.69, 9.17) is 0 Å². The van der Waals surface area contributed by atoms with E-state index >= 15 is 0 Å². The normalized spacial score (nSPS) is 26.2. The summed E-state index contributed by atoms with van der Waals surface area (Å²) in [6.07, 6.45) is 4.26. The van der Waals surface area contributed by atoms with Crippen molar-refractivity contribution in [3.05, 3.63) is 34.3 Å². The summed E-state index contributed by atoms with van der Waals surface area (Å²) in [5.74, 6) is -0.498. The minimum atomic E-state index is -0.828. The Bertz CT molecular complexity index is 736. The Kier molecular flexibility index (Phi) is 5.89. The molecule has 4 amide bonds. The molecule has 1 spiro atoms. The van der Waals surface area contributed by atoms with E-state index in [0.717, 1.165) is 34.2 Å². The molecule has 2 aliphatic rings. The van der Waals surface area contributed by atoms with Gasteiger partial charge < -0.3 is 10.6 Å². The molecule has 7 heteroatoms. The molecule has 1 saturated carbocycles. The predicted octanol–water partition coefficient (Wildman–Crippen LogP) is 3.52. The monoisotopic (exact) mass is 435 g/mol. The molecular formula is C20H26BrN3O3. The second-order valence-electron chi connectivity index (χ2n) is 7.52. The zero-order chi connectivity index (χ0) is 19.6. The molecule has 1 saturated heterocycles. The maximum absolute atomic E-state index is 13.0. The molecular weight excluding hydrogens is 410 g/mol. The third-order valence-corrected chi connectivity index (χ3v) is 6.35. The standard InChI is InChI=1S/C20H26BrN3O3/c1-3-16(14-7-9-15(21)10-8-14)22-17(25)12-24-18(26)20(23-19(24)27)11-5-4-6-13(20)2/h7-10,13,16H,3-6,11-12H2,1-2H3,(H,22,25)(H,23,27)/t13-,16+,20-/m1/s1. The minimum Gasteiger partial charge on any atom is -0.348 e. The van der Waals surface area contributed by atoms with Crippen LogP contribution in [0.5, 0.6) is 0 Å². The van der Waals surface area contributed by atoms with Gasteiger partial charge in [-0.1, -0.05) is 54.8 Å². The van der Waals surface area contributed by atoms with Gasteiger partial charge in [-0.05, 0) is 42.9 Å². The van der Waals surface area contributed by atoms with Crippen LogP contribution in [-0.4, -0.2) is 34.8 Å². The lowest BCUT2D eigenvalue weighted by Gasteiger charge is -2.36. The Morgan fingerprint density at radius 3 is 2.67 bits per heavy atom. The highest BCUT2D eigenvalue weighted by Crippen LogP contribution is 2.38. The lowest BCUT2D eigenvalue weighted by molar-refractivity contribution is -0.137. The first kappa shape index (κ1) is 19.9. The first-order valence-corrected chi connectivity index (χ1v) is 10.4. The molecule has 0 aromatic heterocycles. The number of nitrogens with zero attached hydrogens (tertiary/aromatic N) is 1. The molecule has 0 unspecified atom stereocenters. The van der Waals surface area contributed by atoms with Crippen LogP contribution in [0.2, 0.25) is 0 Å². The summed E-state index contributed by atoms with van der Waals surface area (Å²) < 4.78 is 0.971. The molecule has 6 nitrogen and oxygen atoms in total. The van der Waals surface area contributed by atoms with Crippen LogP contribution in [0.3, 0.4) is 0 Å². The molecule has 1 aromatic carbocycles. The van der Waals surface area contributed by atoms with E-state index in [1.807, 2.05) is 38.1 Å². The van der Waals surface area contributed by atoms with E-state index in [9.17, 15) is 14.4 Å². The van der Waals surface area contributed by atoms with Crippen molar-refractivity contribution in [1.82, 2.24) is 15.5 Å². The molecule has 2 N–H and O–H groups in total. The smallest absolute Gasteiger partial charge is 0.325 e. The van der Waals surface area contributed by atoms with Crippen molar-refractivity contribution in [3.8, 4) is 0 Å². The van der Waals surface area contributed by atoms with Crippen molar-refractivity contribution < 1.29 is 14.4 Å². The van der Waals surface area contributed by atoms with Gasteiger partial charge in [-0.3, -0.25) is 14.5 Å². The number of rotatable bonds is 5. The maximum atomic E-state index is 13.0. The van der Waals surface area contributed by atoms with Crippen molar-refractivity contribution in [2.75, 3.05) is 6.54 Å². The molecule has 2 fully saturated rings. The average molecular weight is 436 g/mol. The maximum Gasteiger partial charge on any atom is 0.325 e. The number of benzene rings is 1. The summed E-state index contributed by atoms with van der Waals surface area (Å²) in [5, 5.41) is 5.83. The zero-order valence-corrected chi connectivity index (χ0v) is 17.3. The van der Waals surface area contributed by atoms with Crippen LogP contribution in [0, 0.1) is 5.92 Å². The van der Waals surface area contributed by atoms with Crippen LogP contribution < -0.4 is 10.6 Å². The molecule has 0 bridgehead atoms. The lowest BCUT2D eigenvalue weighted by Crippen LogP contribution is -2.54. The van der Waals surface area contributed by atoms with Gasteiger partial charge in [0, 0.05) is 4.47 Å². The summed E-state index contributed by atoms with van der Waals surface area (Å²) in [5.41, 5.74) is 0.162. The first-order valence-electron chi connectivity index (χ1n) is 9.56. The van der Waals surface area contributed by atoms with Crippen LogP contribution in [0.4, 0.5) is 4.79 Å². The highest BCUT2D eigenvalue weighted by atomic mass is 79.9. The fraction of sp³-hybridized carbons (Fsp3) is 0.550. The van der Waals surface area contributed by atoms with Gasteiger partial charge in [0.05, 0.1) is 6.04 Å². The van der Waals surface area contributed by atoms with E-state index in [1.165, 1.54) is 0 Å². The lowest BCUT2D eigenvalue weighted by atomic mass is 9.73. The fourth-order valence-corrected chi connectivity index (χ4v) is 4.40. The number of imide groups is 1. The van der Waals surface area contributed by atoms with Crippen molar-refractivity contribution in [2.45, 2.75) is 57.5 Å². The van der Waals surface area contributed by atoms with E-state index in [1.54, 1.807) is 0 Å². The van der Waals surface area contributed by atoms with Crippen molar-refractivity contribution in [3.63, 3.8) is 0 Å². The number of hydrogen-bond acceptors (Lipinski definition) is 3. The van der Waals surface area contributed by atoms with Gasteiger partial charge in [-0.25, -0.2) is 4.79 Å². The van der Waals surface area contributed by atoms with Crippen LogP contribution in [0.25, 0.3) is 0 Å². The Morgan fingerprint density at radius 2 is 2.04 bits per heavy atom. The van der Waals surface area contributed by atoms with Crippen molar-refractivity contribution in [1.29, 1.82) is 0 Å². The fourth-order valence-electron chi connectivity index (χ4n) is 4.14. The Hall–Kier alpha value is -1.89. The van der Waals surface area contributed by atoms with Crippen LogP contribution in [0.1, 0.15) is 57.6 Å². The SMILES string of the molecule is CC[C@H](NC(=O)CN1C(=O)N[C@@]2(CCCC[C@H]2C)C1=O)c1ccc(Br)cc1. The molecule has 3 rings (SSSR count).